The van der Waals surface area contributed by atoms with Crippen LogP contribution >= 0.6 is 0 Å². The molecule has 0 unspecified atom stereocenters. The van der Waals surface area contributed by atoms with Crippen LogP contribution in [0.1, 0.15) is 16.1 Å². The summed E-state index contributed by atoms with van der Waals surface area (Å²) in [7, 11) is 0. The normalized spacial score (nSPS) is 10.7. The lowest BCUT2D eigenvalue weighted by molar-refractivity contribution is 0.102. The molecule has 0 saturated heterocycles. The number of nitrogens with zero attached hydrogens (tertiary/aromatic N) is 1. The number of pyridine rings is 1. The maximum absolute atomic E-state index is 13.1. The molecule has 4 rings (SSSR count). The maximum atomic E-state index is 13.1. The first kappa shape index (κ1) is 16.0. The van der Waals surface area contributed by atoms with Crippen LogP contribution in [0.2, 0.25) is 0 Å². The van der Waals surface area contributed by atoms with Crippen LogP contribution < -0.4 is 5.32 Å². The smallest absolute Gasteiger partial charge is 0.258 e. The number of aryl methyl sites for hydroxylation is 1. The molecule has 0 spiro atoms. The van der Waals surface area contributed by atoms with Crippen molar-refractivity contribution in [1.82, 2.24) is 4.98 Å². The van der Waals surface area contributed by atoms with Crippen molar-refractivity contribution in [3.8, 4) is 11.1 Å². The molecule has 0 radical (unpaired) electrons. The van der Waals surface area contributed by atoms with E-state index in [1.54, 1.807) is 0 Å². The van der Waals surface area contributed by atoms with Crippen molar-refractivity contribution >= 4 is 22.5 Å². The summed E-state index contributed by atoms with van der Waals surface area (Å²) in [6, 6.07) is 27.4. The van der Waals surface area contributed by atoms with Crippen LogP contribution in [0.3, 0.4) is 0 Å². The molecular formula is C23H18N2O. The van der Waals surface area contributed by atoms with Crippen molar-refractivity contribution in [3.05, 3.63) is 96.2 Å². The predicted molar refractivity (Wildman–Crippen MR) is 106 cm³/mol. The minimum Gasteiger partial charge on any atom is -0.322 e. The van der Waals surface area contributed by atoms with Crippen LogP contribution in [-0.4, -0.2) is 10.9 Å². The predicted octanol–water partition coefficient (Wildman–Crippen LogP) is 5.46. The lowest BCUT2D eigenvalue weighted by atomic mass is 9.94. The molecule has 1 aromatic heterocycles. The monoisotopic (exact) mass is 338 g/mol. The Balaban J connectivity index is 1.93. The molecule has 126 valence electrons. The number of nitrogens with one attached hydrogen (secondary N) is 1. The van der Waals surface area contributed by atoms with Crippen LogP contribution in [0, 0.1) is 6.92 Å². The third-order valence-corrected chi connectivity index (χ3v) is 4.39. The van der Waals surface area contributed by atoms with Gasteiger partial charge in [0.05, 0.1) is 16.8 Å². The zero-order valence-electron chi connectivity index (χ0n) is 14.4. The molecule has 0 aliphatic rings. The molecular weight excluding hydrogens is 320 g/mol. The molecule has 3 aromatic carbocycles. The average molecular weight is 338 g/mol. The van der Waals surface area contributed by atoms with E-state index in [-0.39, 0.29) is 5.91 Å². The van der Waals surface area contributed by atoms with Gasteiger partial charge in [0, 0.05) is 16.6 Å². The number of benzene rings is 3. The first-order valence-electron chi connectivity index (χ1n) is 8.55. The number of fused-ring (bicyclic) bond motifs is 1. The summed E-state index contributed by atoms with van der Waals surface area (Å²) in [6.07, 6.45) is 0. The van der Waals surface area contributed by atoms with Crippen LogP contribution in [-0.2, 0) is 0 Å². The molecule has 0 fully saturated rings. The van der Waals surface area contributed by atoms with Gasteiger partial charge in [-0.05, 0) is 30.7 Å². The summed E-state index contributed by atoms with van der Waals surface area (Å²) in [5, 5.41) is 3.97. The third-order valence-electron chi connectivity index (χ3n) is 4.39. The highest BCUT2D eigenvalue weighted by Crippen LogP contribution is 2.33. The molecule has 26 heavy (non-hydrogen) atoms. The van der Waals surface area contributed by atoms with E-state index in [0.717, 1.165) is 33.4 Å². The summed E-state index contributed by atoms with van der Waals surface area (Å²) >= 11 is 0. The molecule has 3 heteroatoms. The third kappa shape index (κ3) is 2.95. The highest BCUT2D eigenvalue weighted by atomic mass is 16.1. The van der Waals surface area contributed by atoms with Gasteiger partial charge in [-0.2, -0.15) is 0 Å². The molecule has 4 aromatic rings. The van der Waals surface area contributed by atoms with Gasteiger partial charge in [0.25, 0.3) is 5.91 Å². The zero-order valence-corrected chi connectivity index (χ0v) is 14.4. The highest BCUT2D eigenvalue weighted by molar-refractivity contribution is 6.14. The quantitative estimate of drug-likeness (QED) is 0.539. The van der Waals surface area contributed by atoms with Gasteiger partial charge in [-0.25, -0.2) is 0 Å². The Morgan fingerprint density at radius 2 is 1.42 bits per heavy atom. The largest absolute Gasteiger partial charge is 0.322 e. The fraction of sp³-hybridized carbons (Fsp3) is 0.0435. The van der Waals surface area contributed by atoms with Crippen LogP contribution in [0.25, 0.3) is 22.0 Å². The number of hydrogen-bond donors (Lipinski definition) is 1. The van der Waals surface area contributed by atoms with Crippen molar-refractivity contribution in [3.63, 3.8) is 0 Å². The second-order valence-electron chi connectivity index (χ2n) is 6.15. The topological polar surface area (TPSA) is 42.0 Å². The van der Waals surface area contributed by atoms with Gasteiger partial charge in [0.2, 0.25) is 0 Å². The van der Waals surface area contributed by atoms with E-state index in [2.05, 4.69) is 10.3 Å². The van der Waals surface area contributed by atoms with E-state index in [9.17, 15) is 4.79 Å². The molecule has 0 aliphatic carbocycles. The van der Waals surface area contributed by atoms with E-state index in [4.69, 9.17) is 0 Å². The summed E-state index contributed by atoms with van der Waals surface area (Å²) in [5.41, 5.74) is 4.91. The Labute approximate surface area is 152 Å². The Bertz CT molecular complexity index is 1070. The Kier molecular flexibility index (Phi) is 4.20. The Hall–Kier alpha value is -3.46. The number of anilines is 1. The van der Waals surface area contributed by atoms with E-state index < -0.39 is 0 Å². The average Bonchev–Trinajstić information content (AvgIpc) is 2.68. The van der Waals surface area contributed by atoms with E-state index in [1.807, 2.05) is 91.9 Å². The number of carbonyl (C=O) groups excluding carboxylic acids is 1. The second-order valence-corrected chi connectivity index (χ2v) is 6.15. The van der Waals surface area contributed by atoms with Crippen LogP contribution in [0.4, 0.5) is 5.69 Å². The van der Waals surface area contributed by atoms with Gasteiger partial charge in [-0.1, -0.05) is 66.7 Å². The van der Waals surface area contributed by atoms with Crippen molar-refractivity contribution in [2.24, 2.45) is 0 Å². The van der Waals surface area contributed by atoms with Gasteiger partial charge in [0.15, 0.2) is 0 Å². The number of aromatic nitrogens is 1. The van der Waals surface area contributed by atoms with Crippen molar-refractivity contribution in [2.45, 2.75) is 6.92 Å². The van der Waals surface area contributed by atoms with Gasteiger partial charge in [-0.15, -0.1) is 0 Å². The zero-order chi connectivity index (χ0) is 17.9. The van der Waals surface area contributed by atoms with E-state index >= 15 is 0 Å². The molecule has 3 nitrogen and oxygen atoms in total. The fourth-order valence-corrected chi connectivity index (χ4v) is 3.23. The van der Waals surface area contributed by atoms with E-state index in [1.165, 1.54) is 0 Å². The molecule has 1 amide bonds. The standard InChI is InChI=1S/C23H18N2O/c1-16-21(23(26)25-18-12-6-3-7-13-18)22(17-10-4-2-5-11-17)19-14-8-9-15-20(19)24-16/h2-15H,1H3,(H,25,26). The van der Waals surface area contributed by atoms with Crippen LogP contribution in [0.15, 0.2) is 84.9 Å². The molecule has 0 aliphatic heterocycles. The van der Waals surface area contributed by atoms with Crippen molar-refractivity contribution < 1.29 is 4.79 Å². The minimum atomic E-state index is -0.147. The first-order chi connectivity index (χ1) is 12.7. The lowest BCUT2D eigenvalue weighted by Crippen LogP contribution is -2.16. The van der Waals surface area contributed by atoms with Crippen molar-refractivity contribution in [1.29, 1.82) is 0 Å². The molecule has 0 bridgehead atoms. The van der Waals surface area contributed by atoms with Gasteiger partial charge in [-0.3, -0.25) is 9.78 Å². The number of rotatable bonds is 3. The SMILES string of the molecule is Cc1nc2ccccc2c(-c2ccccc2)c1C(=O)Nc1ccccc1. The first-order valence-corrected chi connectivity index (χ1v) is 8.55. The number of carbonyl (C=O) groups is 1. The lowest BCUT2D eigenvalue weighted by Gasteiger charge is -2.16. The highest BCUT2D eigenvalue weighted by Gasteiger charge is 2.20. The number of para-hydroxylation sites is 2. The Morgan fingerprint density at radius 1 is 0.808 bits per heavy atom. The molecule has 0 atom stereocenters. The number of hydrogen-bond acceptors (Lipinski definition) is 2. The molecule has 1 N–H and O–H groups in total. The van der Waals surface area contributed by atoms with Crippen molar-refractivity contribution in [2.75, 3.05) is 5.32 Å². The summed E-state index contributed by atoms with van der Waals surface area (Å²) in [6.45, 7) is 1.89. The van der Waals surface area contributed by atoms with Gasteiger partial charge in [0.1, 0.15) is 0 Å². The van der Waals surface area contributed by atoms with E-state index in [0.29, 0.717) is 5.56 Å². The van der Waals surface area contributed by atoms with Crippen LogP contribution in [0.5, 0.6) is 0 Å². The number of amides is 1. The molecule has 1 heterocycles. The fourth-order valence-electron chi connectivity index (χ4n) is 3.23. The summed E-state index contributed by atoms with van der Waals surface area (Å²) in [4.78, 5) is 17.8. The maximum Gasteiger partial charge on any atom is 0.258 e. The Morgan fingerprint density at radius 3 is 2.15 bits per heavy atom. The molecule has 0 saturated carbocycles. The second kappa shape index (κ2) is 6.81. The van der Waals surface area contributed by atoms with Gasteiger partial charge < -0.3 is 5.32 Å². The minimum absolute atomic E-state index is 0.147. The summed E-state index contributed by atoms with van der Waals surface area (Å²) < 4.78 is 0. The summed E-state index contributed by atoms with van der Waals surface area (Å²) in [5.74, 6) is -0.147. The van der Waals surface area contributed by atoms with Gasteiger partial charge >= 0.3 is 0 Å².